The standard InChI is InChI=1S/C26H22ClNO4/c1-16-24(18-8-4-3-5-9-18)25(29)21-13-12-20(14-23(21)32-16)31-17(2)26(30)28-15-19-10-6-7-11-22(19)27/h3-14,17H,15H2,1-2H3,(H,28,30). The monoisotopic (exact) mass is 447 g/mol. The Morgan fingerprint density at radius 2 is 1.78 bits per heavy atom. The molecular formula is C26H22ClNO4. The maximum Gasteiger partial charge on any atom is 0.261 e. The number of rotatable bonds is 6. The zero-order valence-corrected chi connectivity index (χ0v) is 18.5. The van der Waals surface area contributed by atoms with Crippen molar-refractivity contribution in [3.8, 4) is 16.9 Å². The number of carbonyl (C=O) groups is 1. The number of hydrogen-bond acceptors (Lipinski definition) is 4. The van der Waals surface area contributed by atoms with E-state index >= 15 is 0 Å². The van der Waals surface area contributed by atoms with Crippen LogP contribution in [0.4, 0.5) is 0 Å². The van der Waals surface area contributed by atoms with Crippen molar-refractivity contribution < 1.29 is 13.9 Å². The fourth-order valence-corrected chi connectivity index (χ4v) is 3.73. The highest BCUT2D eigenvalue weighted by Gasteiger charge is 2.17. The molecule has 162 valence electrons. The first-order chi connectivity index (χ1) is 15.4. The molecule has 0 saturated heterocycles. The minimum atomic E-state index is -0.744. The van der Waals surface area contributed by atoms with Gasteiger partial charge in [-0.15, -0.1) is 0 Å². The summed E-state index contributed by atoms with van der Waals surface area (Å²) in [6.07, 6.45) is -0.744. The van der Waals surface area contributed by atoms with E-state index < -0.39 is 6.10 Å². The Bertz CT molecular complexity index is 1330. The summed E-state index contributed by atoms with van der Waals surface area (Å²) in [6, 6.07) is 21.7. The number of nitrogens with one attached hydrogen (secondary N) is 1. The fraction of sp³-hybridized carbons (Fsp3) is 0.154. The predicted octanol–water partition coefficient (Wildman–Crippen LogP) is 5.51. The van der Waals surface area contributed by atoms with Crippen molar-refractivity contribution in [2.75, 3.05) is 0 Å². The first kappa shape index (κ1) is 21.7. The Kier molecular flexibility index (Phi) is 6.28. The first-order valence-electron chi connectivity index (χ1n) is 10.2. The zero-order chi connectivity index (χ0) is 22.7. The largest absolute Gasteiger partial charge is 0.481 e. The molecular weight excluding hydrogens is 426 g/mol. The van der Waals surface area contributed by atoms with E-state index in [0.717, 1.165) is 11.1 Å². The van der Waals surface area contributed by atoms with E-state index in [0.29, 0.717) is 39.6 Å². The highest BCUT2D eigenvalue weighted by atomic mass is 35.5. The third kappa shape index (κ3) is 4.53. The molecule has 4 aromatic rings. The van der Waals surface area contributed by atoms with Gasteiger partial charge in [-0.1, -0.05) is 60.1 Å². The normalized spacial score (nSPS) is 11.8. The van der Waals surface area contributed by atoms with Crippen molar-refractivity contribution in [3.05, 3.63) is 99.4 Å². The van der Waals surface area contributed by atoms with Crippen LogP contribution in [-0.2, 0) is 11.3 Å². The average Bonchev–Trinajstić information content (AvgIpc) is 2.79. The minimum Gasteiger partial charge on any atom is -0.481 e. The lowest BCUT2D eigenvalue weighted by Gasteiger charge is -2.15. The van der Waals surface area contributed by atoms with Gasteiger partial charge in [0.2, 0.25) is 5.43 Å². The van der Waals surface area contributed by atoms with Crippen LogP contribution < -0.4 is 15.5 Å². The van der Waals surface area contributed by atoms with Crippen LogP contribution in [0.1, 0.15) is 18.2 Å². The van der Waals surface area contributed by atoms with Crippen LogP contribution in [0, 0.1) is 6.92 Å². The topological polar surface area (TPSA) is 68.5 Å². The third-order valence-electron chi connectivity index (χ3n) is 5.20. The Morgan fingerprint density at radius 1 is 1.06 bits per heavy atom. The van der Waals surface area contributed by atoms with Gasteiger partial charge in [-0.25, -0.2) is 0 Å². The maximum atomic E-state index is 13.1. The SMILES string of the molecule is Cc1oc2cc(OC(C)C(=O)NCc3ccccc3Cl)ccc2c(=O)c1-c1ccccc1. The van der Waals surface area contributed by atoms with Crippen molar-refractivity contribution >= 4 is 28.5 Å². The molecule has 0 spiro atoms. The molecule has 1 N–H and O–H groups in total. The molecule has 32 heavy (non-hydrogen) atoms. The van der Waals surface area contributed by atoms with Crippen LogP contribution in [0.3, 0.4) is 0 Å². The lowest BCUT2D eigenvalue weighted by atomic mass is 10.0. The number of hydrogen-bond donors (Lipinski definition) is 1. The Morgan fingerprint density at radius 3 is 2.53 bits per heavy atom. The first-order valence-corrected chi connectivity index (χ1v) is 10.6. The number of halogens is 1. The summed E-state index contributed by atoms with van der Waals surface area (Å²) in [5.41, 5.74) is 2.48. The van der Waals surface area contributed by atoms with Crippen LogP contribution in [0.2, 0.25) is 5.02 Å². The quantitative estimate of drug-likeness (QED) is 0.423. The molecule has 1 atom stereocenters. The van der Waals surface area contributed by atoms with Gasteiger partial charge in [0.1, 0.15) is 17.1 Å². The molecule has 0 aliphatic rings. The summed E-state index contributed by atoms with van der Waals surface area (Å²) >= 11 is 6.13. The van der Waals surface area contributed by atoms with E-state index in [1.807, 2.05) is 48.5 Å². The van der Waals surface area contributed by atoms with E-state index in [4.69, 9.17) is 20.8 Å². The summed E-state index contributed by atoms with van der Waals surface area (Å²) in [4.78, 5) is 25.5. The van der Waals surface area contributed by atoms with Gasteiger partial charge in [-0.05, 0) is 43.2 Å². The van der Waals surface area contributed by atoms with Crippen molar-refractivity contribution in [1.82, 2.24) is 5.32 Å². The Hall–Kier alpha value is -3.57. The van der Waals surface area contributed by atoms with Crippen LogP contribution in [0.25, 0.3) is 22.1 Å². The molecule has 1 heterocycles. The highest BCUT2D eigenvalue weighted by molar-refractivity contribution is 6.31. The van der Waals surface area contributed by atoms with E-state index in [9.17, 15) is 9.59 Å². The van der Waals surface area contributed by atoms with Crippen LogP contribution in [-0.4, -0.2) is 12.0 Å². The summed E-state index contributed by atoms with van der Waals surface area (Å²) in [5.74, 6) is 0.686. The van der Waals surface area contributed by atoms with Gasteiger partial charge in [0.25, 0.3) is 5.91 Å². The molecule has 0 aliphatic heterocycles. The van der Waals surface area contributed by atoms with E-state index in [1.54, 1.807) is 38.1 Å². The fourth-order valence-electron chi connectivity index (χ4n) is 3.52. The van der Waals surface area contributed by atoms with Crippen LogP contribution >= 0.6 is 11.6 Å². The van der Waals surface area contributed by atoms with Crippen molar-refractivity contribution in [3.63, 3.8) is 0 Å². The molecule has 0 saturated carbocycles. The summed E-state index contributed by atoms with van der Waals surface area (Å²) < 4.78 is 11.7. The lowest BCUT2D eigenvalue weighted by molar-refractivity contribution is -0.127. The Balaban J connectivity index is 1.52. The molecule has 4 rings (SSSR count). The minimum absolute atomic E-state index is 0.105. The van der Waals surface area contributed by atoms with Crippen LogP contribution in [0.15, 0.2) is 82.0 Å². The molecule has 1 aromatic heterocycles. The van der Waals surface area contributed by atoms with Gasteiger partial charge in [0, 0.05) is 17.6 Å². The number of aryl methyl sites for hydroxylation is 1. The molecule has 0 radical (unpaired) electrons. The van der Waals surface area contributed by atoms with Crippen LogP contribution in [0.5, 0.6) is 5.75 Å². The van der Waals surface area contributed by atoms with E-state index in [-0.39, 0.29) is 11.3 Å². The maximum absolute atomic E-state index is 13.1. The van der Waals surface area contributed by atoms with E-state index in [2.05, 4.69) is 5.32 Å². The molecule has 1 amide bonds. The van der Waals surface area contributed by atoms with Gasteiger partial charge in [-0.2, -0.15) is 0 Å². The number of benzene rings is 3. The predicted molar refractivity (Wildman–Crippen MR) is 126 cm³/mol. The molecule has 0 bridgehead atoms. The second-order valence-electron chi connectivity index (χ2n) is 7.46. The van der Waals surface area contributed by atoms with Gasteiger partial charge in [0.05, 0.1) is 10.9 Å². The molecule has 1 unspecified atom stereocenters. The molecule has 6 heteroatoms. The number of amides is 1. The summed E-state index contributed by atoms with van der Waals surface area (Å²) in [6.45, 7) is 3.73. The molecule has 0 fully saturated rings. The van der Waals surface area contributed by atoms with E-state index in [1.165, 1.54) is 0 Å². The zero-order valence-electron chi connectivity index (χ0n) is 17.7. The van der Waals surface area contributed by atoms with Gasteiger partial charge in [-0.3, -0.25) is 9.59 Å². The van der Waals surface area contributed by atoms with Crippen molar-refractivity contribution in [2.24, 2.45) is 0 Å². The average molecular weight is 448 g/mol. The number of ether oxygens (including phenoxy) is 1. The smallest absolute Gasteiger partial charge is 0.261 e. The molecule has 5 nitrogen and oxygen atoms in total. The van der Waals surface area contributed by atoms with Gasteiger partial charge in [0.15, 0.2) is 6.10 Å². The number of fused-ring (bicyclic) bond motifs is 1. The van der Waals surface area contributed by atoms with Crippen molar-refractivity contribution in [1.29, 1.82) is 0 Å². The highest BCUT2D eigenvalue weighted by Crippen LogP contribution is 2.26. The summed E-state index contributed by atoms with van der Waals surface area (Å²) in [5, 5.41) is 3.87. The third-order valence-corrected chi connectivity index (χ3v) is 5.56. The Labute approximate surface area is 190 Å². The molecule has 3 aromatic carbocycles. The lowest BCUT2D eigenvalue weighted by Crippen LogP contribution is -2.35. The van der Waals surface area contributed by atoms with Gasteiger partial charge < -0.3 is 14.5 Å². The molecule has 0 aliphatic carbocycles. The van der Waals surface area contributed by atoms with Gasteiger partial charge >= 0.3 is 0 Å². The second-order valence-corrected chi connectivity index (χ2v) is 7.86. The second kappa shape index (κ2) is 9.28. The summed E-state index contributed by atoms with van der Waals surface area (Å²) in [7, 11) is 0. The van der Waals surface area contributed by atoms with Crippen molar-refractivity contribution in [2.45, 2.75) is 26.5 Å². The number of carbonyl (C=O) groups excluding carboxylic acids is 1.